The quantitative estimate of drug-likeness (QED) is 0.832. The molecule has 1 aromatic heterocycles. The second kappa shape index (κ2) is 4.10. The van der Waals surface area contributed by atoms with Gasteiger partial charge in [-0.1, -0.05) is 0 Å². The summed E-state index contributed by atoms with van der Waals surface area (Å²) in [5, 5.41) is 13.2. The van der Waals surface area contributed by atoms with E-state index in [9.17, 15) is 0 Å². The highest BCUT2D eigenvalue weighted by Gasteiger charge is 2.50. The van der Waals surface area contributed by atoms with Gasteiger partial charge in [-0.2, -0.15) is 10.4 Å². The molecule has 0 N–H and O–H groups in total. The van der Waals surface area contributed by atoms with Crippen LogP contribution in [-0.2, 0) is 13.0 Å². The molecule has 0 aromatic carbocycles. The molecule has 3 nitrogen and oxygen atoms in total. The Morgan fingerprint density at radius 2 is 1.84 bits per heavy atom. The topological polar surface area (TPSA) is 41.6 Å². The fourth-order valence-electron chi connectivity index (χ4n) is 5.50. The molecule has 0 spiro atoms. The van der Waals surface area contributed by atoms with Crippen molar-refractivity contribution in [2.24, 2.45) is 23.2 Å². The molecule has 0 aliphatic heterocycles. The lowest BCUT2D eigenvalue weighted by Crippen LogP contribution is -2.47. The highest BCUT2D eigenvalue weighted by atomic mass is 15.3. The Morgan fingerprint density at radius 3 is 2.42 bits per heavy atom. The van der Waals surface area contributed by atoms with Crippen LogP contribution in [0.1, 0.15) is 44.1 Å². The Kier molecular flexibility index (Phi) is 2.48. The fourth-order valence-corrected chi connectivity index (χ4v) is 5.50. The molecule has 4 aliphatic carbocycles. The molecule has 19 heavy (non-hydrogen) atoms. The van der Waals surface area contributed by atoms with Crippen molar-refractivity contribution in [1.29, 1.82) is 5.26 Å². The lowest BCUT2D eigenvalue weighted by molar-refractivity contribution is -0.0635. The van der Waals surface area contributed by atoms with Gasteiger partial charge < -0.3 is 0 Å². The monoisotopic (exact) mass is 255 g/mol. The normalized spacial score (nSPS) is 39.4. The van der Waals surface area contributed by atoms with Crippen molar-refractivity contribution >= 4 is 0 Å². The molecule has 4 aliphatic rings. The zero-order chi connectivity index (χ0) is 12.9. The van der Waals surface area contributed by atoms with Gasteiger partial charge in [0.05, 0.1) is 18.7 Å². The molecule has 0 amide bonds. The molecular formula is C16H21N3. The van der Waals surface area contributed by atoms with Gasteiger partial charge in [0.25, 0.3) is 0 Å². The molecule has 3 heteroatoms. The maximum Gasteiger partial charge on any atom is 0.0670 e. The third-order valence-corrected chi connectivity index (χ3v) is 5.63. The molecule has 0 unspecified atom stereocenters. The predicted octanol–water partition coefficient (Wildman–Crippen LogP) is 3.17. The number of hydrogen-bond acceptors (Lipinski definition) is 2. The van der Waals surface area contributed by atoms with Gasteiger partial charge in [0.1, 0.15) is 0 Å². The van der Waals surface area contributed by atoms with Crippen LogP contribution >= 0.6 is 0 Å². The highest BCUT2D eigenvalue weighted by molar-refractivity contribution is 5.10. The number of nitriles is 1. The number of hydrogen-bond donors (Lipinski definition) is 0. The van der Waals surface area contributed by atoms with Crippen molar-refractivity contribution < 1.29 is 0 Å². The summed E-state index contributed by atoms with van der Waals surface area (Å²) in [5.41, 5.74) is 1.59. The summed E-state index contributed by atoms with van der Waals surface area (Å²) in [7, 11) is 0. The van der Waals surface area contributed by atoms with Gasteiger partial charge in [-0.3, -0.25) is 4.68 Å². The van der Waals surface area contributed by atoms with Crippen molar-refractivity contribution in [2.75, 3.05) is 0 Å². The molecule has 0 radical (unpaired) electrons. The largest absolute Gasteiger partial charge is 0.272 e. The molecule has 4 bridgehead atoms. The van der Waals surface area contributed by atoms with Crippen LogP contribution in [0.15, 0.2) is 12.4 Å². The molecule has 4 saturated carbocycles. The van der Waals surface area contributed by atoms with E-state index in [0.29, 0.717) is 11.8 Å². The van der Waals surface area contributed by atoms with Crippen LogP contribution in [0.25, 0.3) is 0 Å². The smallest absolute Gasteiger partial charge is 0.0670 e. The summed E-state index contributed by atoms with van der Waals surface area (Å²) in [5.74, 6) is 3.00. The lowest BCUT2D eigenvalue weighted by Gasteiger charge is -2.56. The van der Waals surface area contributed by atoms with Gasteiger partial charge in [-0.25, -0.2) is 0 Å². The molecular weight excluding hydrogens is 234 g/mol. The summed E-state index contributed by atoms with van der Waals surface area (Å²) in [6.45, 7) is 1.09. The SMILES string of the molecule is N#CCc1cnn(CC23CC4CC(CC(C4)C2)C3)c1. The van der Waals surface area contributed by atoms with Crippen molar-refractivity contribution in [3.8, 4) is 6.07 Å². The molecule has 1 heterocycles. The maximum absolute atomic E-state index is 8.74. The first-order valence-electron chi connectivity index (χ1n) is 7.63. The van der Waals surface area contributed by atoms with E-state index in [4.69, 9.17) is 5.26 Å². The van der Waals surface area contributed by atoms with Crippen LogP contribution in [0.5, 0.6) is 0 Å². The lowest BCUT2D eigenvalue weighted by atomic mass is 9.49. The van der Waals surface area contributed by atoms with Crippen LogP contribution in [0, 0.1) is 34.5 Å². The average Bonchev–Trinajstić information content (AvgIpc) is 2.74. The van der Waals surface area contributed by atoms with Gasteiger partial charge >= 0.3 is 0 Å². The van der Waals surface area contributed by atoms with E-state index in [1.54, 1.807) is 0 Å². The van der Waals surface area contributed by atoms with Gasteiger partial charge in [0.15, 0.2) is 0 Å². The van der Waals surface area contributed by atoms with Crippen LogP contribution in [0.3, 0.4) is 0 Å². The van der Waals surface area contributed by atoms with Gasteiger partial charge in [-0.05, 0) is 61.7 Å². The third-order valence-electron chi connectivity index (χ3n) is 5.63. The van der Waals surface area contributed by atoms with Gasteiger partial charge in [0.2, 0.25) is 0 Å². The van der Waals surface area contributed by atoms with Gasteiger partial charge in [-0.15, -0.1) is 0 Å². The van der Waals surface area contributed by atoms with Crippen molar-refractivity contribution in [1.82, 2.24) is 9.78 Å². The summed E-state index contributed by atoms with van der Waals surface area (Å²) in [6, 6.07) is 2.20. The first-order valence-corrected chi connectivity index (χ1v) is 7.63. The Labute approximate surface area is 114 Å². The van der Waals surface area contributed by atoms with E-state index in [-0.39, 0.29) is 0 Å². The van der Waals surface area contributed by atoms with Crippen LogP contribution in [0.4, 0.5) is 0 Å². The minimum atomic E-state index is 0.487. The fraction of sp³-hybridized carbons (Fsp3) is 0.750. The summed E-state index contributed by atoms with van der Waals surface area (Å²) in [6.07, 6.45) is 13.2. The Hall–Kier alpha value is -1.30. The minimum absolute atomic E-state index is 0.487. The molecule has 0 atom stereocenters. The third kappa shape index (κ3) is 1.98. The second-order valence-electron chi connectivity index (χ2n) is 7.30. The number of nitrogens with zero attached hydrogens (tertiary/aromatic N) is 3. The molecule has 5 rings (SSSR count). The van der Waals surface area contributed by atoms with E-state index in [1.807, 2.05) is 6.20 Å². The van der Waals surface area contributed by atoms with Crippen molar-refractivity contribution in [3.63, 3.8) is 0 Å². The van der Waals surface area contributed by atoms with Crippen molar-refractivity contribution in [3.05, 3.63) is 18.0 Å². The Morgan fingerprint density at radius 1 is 1.21 bits per heavy atom. The summed E-state index contributed by atoms with van der Waals surface area (Å²) >= 11 is 0. The maximum atomic E-state index is 8.74. The van der Waals surface area contributed by atoms with Crippen LogP contribution in [-0.4, -0.2) is 9.78 Å². The number of rotatable bonds is 3. The first kappa shape index (κ1) is 11.5. The predicted molar refractivity (Wildman–Crippen MR) is 72.1 cm³/mol. The van der Waals surface area contributed by atoms with E-state index >= 15 is 0 Å². The highest BCUT2D eigenvalue weighted by Crippen LogP contribution is 2.60. The van der Waals surface area contributed by atoms with E-state index in [2.05, 4.69) is 22.0 Å². The average molecular weight is 255 g/mol. The van der Waals surface area contributed by atoms with Gasteiger partial charge in [0, 0.05) is 18.3 Å². The van der Waals surface area contributed by atoms with Crippen LogP contribution < -0.4 is 0 Å². The summed E-state index contributed by atoms with van der Waals surface area (Å²) in [4.78, 5) is 0. The Bertz CT molecular complexity index is 487. The van der Waals surface area contributed by atoms with E-state index in [0.717, 1.165) is 29.9 Å². The summed E-state index contributed by atoms with van der Waals surface area (Å²) < 4.78 is 2.11. The Balaban J connectivity index is 1.54. The molecule has 0 saturated heterocycles. The van der Waals surface area contributed by atoms with E-state index in [1.165, 1.54) is 38.5 Å². The van der Waals surface area contributed by atoms with E-state index < -0.39 is 0 Å². The molecule has 100 valence electrons. The van der Waals surface area contributed by atoms with Crippen LogP contribution in [0.2, 0.25) is 0 Å². The zero-order valence-corrected chi connectivity index (χ0v) is 11.4. The molecule has 1 aromatic rings. The zero-order valence-electron chi connectivity index (χ0n) is 11.4. The standard InChI is InChI=1S/C16H21N3/c17-2-1-12-9-18-19(10-12)11-16-6-13-3-14(7-16)5-15(4-13)8-16/h9-10,13-15H,1,3-8,11H2. The number of aromatic nitrogens is 2. The first-order chi connectivity index (χ1) is 9.25. The minimum Gasteiger partial charge on any atom is -0.272 e. The molecule has 4 fully saturated rings. The second-order valence-corrected chi connectivity index (χ2v) is 7.30. The van der Waals surface area contributed by atoms with Crippen molar-refractivity contribution in [2.45, 2.75) is 51.5 Å².